The maximum Gasteiger partial charge on any atom is 0.453 e. The summed E-state index contributed by atoms with van der Waals surface area (Å²) >= 11 is 0. The van der Waals surface area contributed by atoms with E-state index in [1.165, 1.54) is 48.8 Å². The highest BCUT2D eigenvalue weighted by Crippen LogP contribution is 2.29. The van der Waals surface area contributed by atoms with Crippen molar-refractivity contribution in [3.8, 4) is 17.1 Å². The summed E-state index contributed by atoms with van der Waals surface area (Å²) in [6.07, 6.45) is 0.281. The van der Waals surface area contributed by atoms with Gasteiger partial charge in [0.25, 0.3) is 11.6 Å². The molecule has 4 aromatic rings. The fraction of sp³-hybridized carbons (Fsp3) is 0.200. The summed E-state index contributed by atoms with van der Waals surface area (Å²) < 4.78 is 65.7. The van der Waals surface area contributed by atoms with E-state index in [0.717, 1.165) is 4.52 Å². The Morgan fingerprint density at radius 1 is 1.17 bits per heavy atom. The van der Waals surface area contributed by atoms with Crippen LogP contribution in [0.2, 0.25) is 0 Å². The molecule has 0 saturated carbocycles. The normalized spacial score (nSPS) is 12.6. The Labute approximate surface area is 161 Å². The molecule has 0 fully saturated rings. The summed E-state index contributed by atoms with van der Waals surface area (Å²) in [6.45, 7) is 1.47. The number of rotatable bonds is 4. The van der Waals surface area contributed by atoms with Crippen LogP contribution in [0.4, 0.5) is 13.2 Å². The Morgan fingerprint density at radius 3 is 2.62 bits per heavy atom. The number of alkyl halides is 3. The summed E-state index contributed by atoms with van der Waals surface area (Å²) in [7, 11) is -3.69. The highest BCUT2D eigenvalue weighted by Gasteiger charge is 2.36. The lowest BCUT2D eigenvalue weighted by molar-refractivity contribution is -0.144. The highest BCUT2D eigenvalue weighted by atomic mass is 32.2. The minimum absolute atomic E-state index is 0.00157. The smallest absolute Gasteiger partial charge is 0.227 e. The van der Waals surface area contributed by atoms with Crippen LogP contribution >= 0.6 is 0 Å². The summed E-state index contributed by atoms with van der Waals surface area (Å²) in [5.41, 5.74) is 0.142. The molecule has 0 radical (unpaired) electrons. The lowest BCUT2D eigenvalue weighted by atomic mass is 10.2. The van der Waals surface area contributed by atoms with Crippen LogP contribution < -0.4 is 0 Å². The molecule has 0 unspecified atom stereocenters. The van der Waals surface area contributed by atoms with Crippen LogP contribution in [0, 0.1) is 0 Å². The van der Waals surface area contributed by atoms with Crippen LogP contribution in [0.1, 0.15) is 12.7 Å². The third-order valence-electron chi connectivity index (χ3n) is 3.93. The largest absolute Gasteiger partial charge is 0.453 e. The van der Waals surface area contributed by atoms with Crippen LogP contribution in [0.15, 0.2) is 42.1 Å². The van der Waals surface area contributed by atoms with Crippen LogP contribution in [-0.4, -0.2) is 53.5 Å². The quantitative estimate of drug-likeness (QED) is 0.484. The van der Waals surface area contributed by atoms with E-state index in [1.54, 1.807) is 0 Å². The fourth-order valence-electron chi connectivity index (χ4n) is 2.53. The standard InChI is InChI=1S/C15H11F3N8O2S/c1-2-29(27,28)10-3-4-11(26-8-19-7-21-26)22-12(10)9-5-20-14-23-13(15(16,17)18)24-25(14)6-9/h3-8H,2H2,1H3. The van der Waals surface area contributed by atoms with E-state index < -0.39 is 21.8 Å². The van der Waals surface area contributed by atoms with Gasteiger partial charge in [-0.05, 0) is 12.1 Å². The molecule has 150 valence electrons. The minimum Gasteiger partial charge on any atom is -0.227 e. The Bertz CT molecular complexity index is 1300. The second-order valence-electron chi connectivity index (χ2n) is 5.78. The van der Waals surface area contributed by atoms with Crippen molar-refractivity contribution in [2.24, 2.45) is 0 Å². The predicted octanol–water partition coefficient (Wildman–Crippen LogP) is 1.58. The molecule has 0 aliphatic heterocycles. The SMILES string of the molecule is CCS(=O)(=O)c1ccc(-n2cncn2)nc1-c1cnc2nc(C(F)(F)F)nn2c1. The Hall–Kier alpha value is -3.42. The molecule has 0 spiro atoms. The van der Waals surface area contributed by atoms with E-state index in [2.05, 4.69) is 30.1 Å². The zero-order valence-electron chi connectivity index (χ0n) is 14.6. The van der Waals surface area contributed by atoms with Crippen molar-refractivity contribution in [2.75, 3.05) is 5.75 Å². The van der Waals surface area contributed by atoms with Gasteiger partial charge in [0.1, 0.15) is 12.7 Å². The average Bonchev–Trinajstić information content (AvgIpc) is 3.36. The number of nitrogens with zero attached hydrogens (tertiary/aromatic N) is 8. The Kier molecular flexibility index (Phi) is 4.29. The molecule has 0 atom stereocenters. The summed E-state index contributed by atoms with van der Waals surface area (Å²) in [6, 6.07) is 2.80. The van der Waals surface area contributed by atoms with Gasteiger partial charge in [-0.2, -0.15) is 23.3 Å². The van der Waals surface area contributed by atoms with Gasteiger partial charge in [0.2, 0.25) is 0 Å². The van der Waals surface area contributed by atoms with E-state index in [9.17, 15) is 21.6 Å². The van der Waals surface area contributed by atoms with Crippen molar-refractivity contribution in [3.63, 3.8) is 0 Å². The molecule has 0 aliphatic rings. The number of hydrogen-bond acceptors (Lipinski definition) is 8. The molecule has 29 heavy (non-hydrogen) atoms. The van der Waals surface area contributed by atoms with Gasteiger partial charge in [0, 0.05) is 18.0 Å². The molecule has 0 aliphatic carbocycles. The van der Waals surface area contributed by atoms with Gasteiger partial charge in [0.15, 0.2) is 15.7 Å². The monoisotopic (exact) mass is 424 g/mol. The zero-order valence-corrected chi connectivity index (χ0v) is 15.4. The van der Waals surface area contributed by atoms with E-state index in [-0.39, 0.29) is 33.5 Å². The van der Waals surface area contributed by atoms with Gasteiger partial charge in [-0.15, -0.1) is 5.10 Å². The topological polar surface area (TPSA) is 121 Å². The van der Waals surface area contributed by atoms with Crippen molar-refractivity contribution >= 4 is 15.6 Å². The summed E-state index contributed by atoms with van der Waals surface area (Å²) in [4.78, 5) is 15.2. The average molecular weight is 424 g/mol. The zero-order chi connectivity index (χ0) is 20.8. The van der Waals surface area contributed by atoms with Crippen molar-refractivity contribution in [1.29, 1.82) is 0 Å². The first-order valence-corrected chi connectivity index (χ1v) is 9.73. The molecule has 0 saturated heterocycles. The maximum atomic E-state index is 12.9. The Balaban J connectivity index is 1.93. The van der Waals surface area contributed by atoms with E-state index in [0.29, 0.717) is 0 Å². The van der Waals surface area contributed by atoms with Gasteiger partial charge in [-0.25, -0.2) is 32.6 Å². The number of aromatic nitrogens is 8. The molecular formula is C15H11F3N8O2S. The van der Waals surface area contributed by atoms with Crippen molar-refractivity contribution in [1.82, 2.24) is 39.3 Å². The number of pyridine rings is 1. The molecule has 0 N–H and O–H groups in total. The predicted molar refractivity (Wildman–Crippen MR) is 91.7 cm³/mol. The Morgan fingerprint density at radius 2 is 1.97 bits per heavy atom. The molecule has 0 aromatic carbocycles. The van der Waals surface area contributed by atoms with E-state index in [1.807, 2.05) is 0 Å². The molecule has 0 bridgehead atoms. The van der Waals surface area contributed by atoms with Gasteiger partial charge >= 0.3 is 6.18 Å². The number of hydrogen-bond donors (Lipinski definition) is 0. The summed E-state index contributed by atoms with van der Waals surface area (Å²) in [5, 5.41) is 7.31. The van der Waals surface area contributed by atoms with Crippen LogP contribution in [0.3, 0.4) is 0 Å². The first-order valence-electron chi connectivity index (χ1n) is 8.08. The lowest BCUT2D eigenvalue weighted by Crippen LogP contribution is -2.09. The third kappa shape index (κ3) is 3.41. The number of sulfone groups is 1. The van der Waals surface area contributed by atoms with Crippen molar-refractivity contribution in [2.45, 2.75) is 18.0 Å². The molecular weight excluding hydrogens is 413 g/mol. The van der Waals surface area contributed by atoms with Gasteiger partial charge in [-0.3, -0.25) is 0 Å². The van der Waals surface area contributed by atoms with Crippen molar-refractivity contribution < 1.29 is 21.6 Å². The molecule has 4 rings (SSSR count). The number of halogens is 3. The van der Waals surface area contributed by atoms with Crippen LogP contribution in [0.5, 0.6) is 0 Å². The van der Waals surface area contributed by atoms with Crippen LogP contribution in [0.25, 0.3) is 22.9 Å². The number of fused-ring (bicyclic) bond motifs is 1. The first-order chi connectivity index (χ1) is 13.7. The molecule has 0 amide bonds. The van der Waals surface area contributed by atoms with Crippen molar-refractivity contribution in [3.05, 3.63) is 43.0 Å². The van der Waals surface area contributed by atoms with Gasteiger partial charge < -0.3 is 0 Å². The summed E-state index contributed by atoms with van der Waals surface area (Å²) in [5.74, 6) is -1.56. The minimum atomic E-state index is -4.74. The second-order valence-corrected chi connectivity index (χ2v) is 8.03. The maximum absolute atomic E-state index is 12.9. The molecule has 4 heterocycles. The van der Waals surface area contributed by atoms with Gasteiger partial charge in [0.05, 0.1) is 16.3 Å². The van der Waals surface area contributed by atoms with E-state index >= 15 is 0 Å². The molecule has 10 nitrogen and oxygen atoms in total. The third-order valence-corrected chi connectivity index (χ3v) is 5.69. The highest BCUT2D eigenvalue weighted by molar-refractivity contribution is 7.91. The molecule has 14 heteroatoms. The lowest BCUT2D eigenvalue weighted by Gasteiger charge is -2.10. The van der Waals surface area contributed by atoms with Gasteiger partial charge in [-0.1, -0.05) is 6.92 Å². The van der Waals surface area contributed by atoms with Crippen LogP contribution in [-0.2, 0) is 16.0 Å². The fourth-order valence-corrected chi connectivity index (χ4v) is 3.57. The van der Waals surface area contributed by atoms with E-state index in [4.69, 9.17) is 0 Å². The first kappa shape index (κ1) is 18.9. The second kappa shape index (κ2) is 6.58. The molecule has 4 aromatic heterocycles.